The normalized spacial score (nSPS) is 21.1. The van der Waals surface area contributed by atoms with Crippen LogP contribution >= 0.6 is 0 Å². The highest BCUT2D eigenvalue weighted by Gasteiger charge is 2.43. The molecule has 1 aliphatic rings. The molecule has 2 atom stereocenters. The second-order valence-electron chi connectivity index (χ2n) is 6.80. The van der Waals surface area contributed by atoms with E-state index in [9.17, 15) is 14.0 Å². The van der Waals surface area contributed by atoms with Crippen molar-refractivity contribution in [1.82, 2.24) is 10.2 Å². The van der Waals surface area contributed by atoms with Crippen LogP contribution in [0.15, 0.2) is 11.4 Å². The summed E-state index contributed by atoms with van der Waals surface area (Å²) in [6.07, 6.45) is -0.476. The van der Waals surface area contributed by atoms with Gasteiger partial charge in [0.15, 0.2) is 0 Å². The van der Waals surface area contributed by atoms with Crippen molar-refractivity contribution in [3.05, 3.63) is 11.4 Å². The summed E-state index contributed by atoms with van der Waals surface area (Å²) in [4.78, 5) is 26.0. The number of halogens is 1. The molecule has 132 valence electrons. The average molecular weight is 330 g/mol. The van der Waals surface area contributed by atoms with Gasteiger partial charge in [-0.15, -0.1) is 0 Å². The molecule has 0 aliphatic carbocycles. The van der Waals surface area contributed by atoms with Crippen LogP contribution in [-0.4, -0.2) is 54.8 Å². The number of hydrogen-bond acceptors (Lipinski definition) is 4. The number of rotatable bonds is 4. The molecular weight excluding hydrogens is 303 g/mol. The Balaban J connectivity index is 2.82. The van der Waals surface area contributed by atoms with Gasteiger partial charge in [0.1, 0.15) is 17.5 Å². The molecule has 0 bridgehead atoms. The molecular formula is C16H27FN2O4. The summed E-state index contributed by atoms with van der Waals surface area (Å²) >= 11 is 0. The first-order chi connectivity index (χ1) is 10.6. The number of amides is 2. The van der Waals surface area contributed by atoms with Crippen LogP contribution in [0.5, 0.6) is 0 Å². The predicted molar refractivity (Wildman–Crippen MR) is 84.6 cm³/mol. The van der Waals surface area contributed by atoms with Crippen molar-refractivity contribution in [3.8, 4) is 0 Å². The molecule has 7 heteroatoms. The molecule has 2 amide bonds. The predicted octanol–water partition coefficient (Wildman–Crippen LogP) is 2.39. The lowest BCUT2D eigenvalue weighted by Gasteiger charge is -2.29. The van der Waals surface area contributed by atoms with Gasteiger partial charge < -0.3 is 14.8 Å². The fraction of sp³-hybridized carbons (Fsp3) is 0.750. The van der Waals surface area contributed by atoms with Crippen LogP contribution in [0.3, 0.4) is 0 Å². The molecule has 1 saturated heterocycles. The minimum Gasteiger partial charge on any atom is -0.444 e. The quantitative estimate of drug-likeness (QED) is 0.859. The van der Waals surface area contributed by atoms with Crippen LogP contribution < -0.4 is 5.32 Å². The minimum atomic E-state index is -0.820. The van der Waals surface area contributed by atoms with E-state index in [0.29, 0.717) is 18.5 Å². The largest absolute Gasteiger partial charge is 0.444 e. The fourth-order valence-electron chi connectivity index (χ4n) is 2.29. The maximum absolute atomic E-state index is 13.6. The van der Waals surface area contributed by atoms with E-state index in [1.165, 1.54) is 12.0 Å². The van der Waals surface area contributed by atoms with E-state index in [1.54, 1.807) is 34.6 Å². The van der Waals surface area contributed by atoms with Crippen molar-refractivity contribution >= 4 is 12.0 Å². The SMILES string of the molecule is CO[C@@H]1CCN(C(=O)OC(C)(C)C)[C@@H]1C(=O)NCC(F)=C(C)C. The molecule has 0 unspecified atom stereocenters. The minimum absolute atomic E-state index is 0.198. The van der Waals surface area contributed by atoms with Gasteiger partial charge >= 0.3 is 6.09 Å². The van der Waals surface area contributed by atoms with Gasteiger partial charge in [0.25, 0.3) is 0 Å². The highest BCUT2D eigenvalue weighted by atomic mass is 19.1. The van der Waals surface area contributed by atoms with Crippen molar-refractivity contribution in [2.75, 3.05) is 20.2 Å². The van der Waals surface area contributed by atoms with Gasteiger partial charge in [0.05, 0.1) is 12.6 Å². The molecule has 0 aromatic heterocycles. The van der Waals surface area contributed by atoms with Gasteiger partial charge in [-0.3, -0.25) is 9.69 Å². The third kappa shape index (κ3) is 5.49. The van der Waals surface area contributed by atoms with Crippen LogP contribution in [0.1, 0.15) is 41.0 Å². The van der Waals surface area contributed by atoms with Gasteiger partial charge in [-0.05, 0) is 46.6 Å². The van der Waals surface area contributed by atoms with Crippen LogP contribution in [0.2, 0.25) is 0 Å². The molecule has 0 saturated carbocycles. The molecule has 1 heterocycles. The molecule has 0 spiro atoms. The fourth-order valence-corrected chi connectivity index (χ4v) is 2.29. The topological polar surface area (TPSA) is 67.9 Å². The van der Waals surface area contributed by atoms with Crippen LogP contribution in [0.25, 0.3) is 0 Å². The summed E-state index contributed by atoms with van der Waals surface area (Å²) in [6.45, 7) is 8.69. The van der Waals surface area contributed by atoms with Crippen molar-refractivity contribution < 1.29 is 23.5 Å². The van der Waals surface area contributed by atoms with E-state index in [-0.39, 0.29) is 6.54 Å². The molecule has 1 aliphatic heterocycles. The number of hydrogen-bond donors (Lipinski definition) is 1. The van der Waals surface area contributed by atoms with Crippen molar-refractivity contribution in [1.29, 1.82) is 0 Å². The van der Waals surface area contributed by atoms with E-state index >= 15 is 0 Å². The molecule has 1 fully saturated rings. The average Bonchev–Trinajstić information content (AvgIpc) is 2.86. The second-order valence-corrected chi connectivity index (χ2v) is 6.80. The van der Waals surface area contributed by atoms with Crippen molar-refractivity contribution in [3.63, 3.8) is 0 Å². The number of ether oxygens (including phenoxy) is 2. The Morgan fingerprint density at radius 1 is 1.30 bits per heavy atom. The lowest BCUT2D eigenvalue weighted by Crippen LogP contribution is -2.51. The highest BCUT2D eigenvalue weighted by molar-refractivity contribution is 5.87. The van der Waals surface area contributed by atoms with Gasteiger partial charge in [0, 0.05) is 13.7 Å². The number of nitrogens with one attached hydrogen (secondary N) is 1. The maximum Gasteiger partial charge on any atom is 0.411 e. The monoisotopic (exact) mass is 330 g/mol. The first kappa shape index (κ1) is 19.4. The molecule has 1 rings (SSSR count). The second kappa shape index (κ2) is 7.77. The summed E-state index contributed by atoms with van der Waals surface area (Å²) in [5.74, 6) is -0.842. The number of nitrogens with zero attached hydrogens (tertiary/aromatic N) is 1. The lowest BCUT2D eigenvalue weighted by atomic mass is 10.1. The van der Waals surface area contributed by atoms with Gasteiger partial charge in [0.2, 0.25) is 5.91 Å². The molecule has 0 aromatic rings. The number of methoxy groups -OCH3 is 1. The molecule has 1 N–H and O–H groups in total. The first-order valence-electron chi connectivity index (χ1n) is 7.68. The summed E-state index contributed by atoms with van der Waals surface area (Å²) in [6, 6.07) is -0.820. The summed E-state index contributed by atoms with van der Waals surface area (Å²) in [5.41, 5.74) is -0.152. The standard InChI is InChI=1S/C16H27FN2O4/c1-10(2)11(17)9-18-14(20)13-12(22-6)7-8-19(13)15(21)23-16(3,4)5/h12-13H,7-9H2,1-6H3,(H,18,20)/t12-,13+/m1/s1. The zero-order valence-corrected chi connectivity index (χ0v) is 14.7. The molecule has 23 heavy (non-hydrogen) atoms. The van der Waals surface area contributed by atoms with E-state index in [4.69, 9.17) is 9.47 Å². The Kier molecular flexibility index (Phi) is 6.56. The molecule has 0 radical (unpaired) electrons. The molecule has 6 nitrogen and oxygen atoms in total. The van der Waals surface area contributed by atoms with Crippen molar-refractivity contribution in [2.45, 2.75) is 58.8 Å². The summed E-state index contributed by atoms with van der Waals surface area (Å²) in [5, 5.41) is 2.52. The lowest BCUT2D eigenvalue weighted by molar-refractivity contribution is -0.128. The van der Waals surface area contributed by atoms with E-state index in [2.05, 4.69) is 5.32 Å². The number of carbonyl (C=O) groups excluding carboxylic acids is 2. The van der Waals surface area contributed by atoms with E-state index in [0.717, 1.165) is 0 Å². The van der Waals surface area contributed by atoms with Crippen LogP contribution in [0, 0.1) is 0 Å². The van der Waals surface area contributed by atoms with Gasteiger partial charge in [-0.1, -0.05) is 0 Å². The Hall–Kier alpha value is -1.63. The van der Waals surface area contributed by atoms with Gasteiger partial charge in [-0.2, -0.15) is 0 Å². The van der Waals surface area contributed by atoms with Crippen LogP contribution in [0.4, 0.5) is 9.18 Å². The molecule has 0 aromatic carbocycles. The van der Waals surface area contributed by atoms with E-state index < -0.39 is 35.6 Å². The number of allylic oxidation sites excluding steroid dienone is 1. The Morgan fingerprint density at radius 3 is 2.39 bits per heavy atom. The zero-order chi connectivity index (χ0) is 17.8. The van der Waals surface area contributed by atoms with Crippen molar-refractivity contribution in [2.24, 2.45) is 0 Å². The Morgan fingerprint density at radius 2 is 1.91 bits per heavy atom. The third-order valence-electron chi connectivity index (χ3n) is 3.50. The maximum atomic E-state index is 13.6. The van der Waals surface area contributed by atoms with Gasteiger partial charge in [-0.25, -0.2) is 9.18 Å². The smallest absolute Gasteiger partial charge is 0.411 e. The first-order valence-corrected chi connectivity index (χ1v) is 7.68. The highest BCUT2D eigenvalue weighted by Crippen LogP contribution is 2.23. The van der Waals surface area contributed by atoms with E-state index in [1.807, 2.05) is 0 Å². The number of likely N-dealkylation sites (tertiary alicyclic amines) is 1. The third-order valence-corrected chi connectivity index (χ3v) is 3.50. The zero-order valence-electron chi connectivity index (χ0n) is 14.7. The van der Waals surface area contributed by atoms with Crippen LogP contribution in [-0.2, 0) is 14.3 Å². The Labute approximate surface area is 137 Å². The summed E-state index contributed by atoms with van der Waals surface area (Å²) in [7, 11) is 1.49. The number of carbonyl (C=O) groups is 2. The Bertz CT molecular complexity index is 481. The summed E-state index contributed by atoms with van der Waals surface area (Å²) < 4.78 is 24.2.